The third-order valence-electron chi connectivity index (χ3n) is 3.48. The molecule has 1 aliphatic rings. The Morgan fingerprint density at radius 2 is 1.95 bits per heavy atom. The molecule has 1 aliphatic heterocycles. The van der Waals surface area contributed by atoms with Crippen LogP contribution in [0.1, 0.15) is 26.7 Å². The number of methoxy groups -OCH3 is 1. The van der Waals surface area contributed by atoms with E-state index < -0.39 is 6.04 Å². The summed E-state index contributed by atoms with van der Waals surface area (Å²) in [6.07, 6.45) is 1.54. The number of ether oxygens (including phenoxy) is 1. The normalized spacial score (nSPS) is 18.5. The summed E-state index contributed by atoms with van der Waals surface area (Å²) in [6, 6.07) is -0.350. The Morgan fingerprint density at radius 1 is 1.37 bits per heavy atom. The van der Waals surface area contributed by atoms with Crippen LogP contribution in [0.25, 0.3) is 0 Å². The standard InChI is InChI=1S/C13H25N3O3/c1-9(2)12(14)13(18)15-10-4-6-16(7-5-10)11(17)8-19-3/h9-10,12H,4-8,14H2,1-3H3,(H,15,18)/t12-/m0/s1. The van der Waals surface area contributed by atoms with Gasteiger partial charge in [0, 0.05) is 26.2 Å². The van der Waals surface area contributed by atoms with Gasteiger partial charge < -0.3 is 20.7 Å². The van der Waals surface area contributed by atoms with Crippen molar-refractivity contribution in [3.8, 4) is 0 Å². The number of piperidine rings is 1. The molecule has 0 radical (unpaired) electrons. The second-order valence-corrected chi connectivity index (χ2v) is 5.37. The average molecular weight is 271 g/mol. The van der Waals surface area contributed by atoms with E-state index in [2.05, 4.69) is 5.32 Å². The number of hydrogen-bond donors (Lipinski definition) is 2. The van der Waals surface area contributed by atoms with Crippen LogP contribution in [0.4, 0.5) is 0 Å². The molecule has 0 aliphatic carbocycles. The van der Waals surface area contributed by atoms with E-state index in [1.807, 2.05) is 13.8 Å². The number of carbonyl (C=O) groups is 2. The van der Waals surface area contributed by atoms with Crippen LogP contribution in [0.2, 0.25) is 0 Å². The van der Waals surface area contributed by atoms with E-state index in [0.717, 1.165) is 12.8 Å². The van der Waals surface area contributed by atoms with Crippen LogP contribution >= 0.6 is 0 Å². The van der Waals surface area contributed by atoms with Gasteiger partial charge >= 0.3 is 0 Å². The monoisotopic (exact) mass is 271 g/mol. The Balaban J connectivity index is 2.34. The van der Waals surface area contributed by atoms with Crippen molar-refractivity contribution in [1.82, 2.24) is 10.2 Å². The van der Waals surface area contributed by atoms with Crippen LogP contribution in [-0.4, -0.2) is 55.6 Å². The zero-order valence-electron chi connectivity index (χ0n) is 12.0. The van der Waals surface area contributed by atoms with Gasteiger partial charge in [-0.25, -0.2) is 0 Å². The summed E-state index contributed by atoms with van der Waals surface area (Å²) in [5, 5.41) is 2.96. The predicted molar refractivity (Wildman–Crippen MR) is 72.4 cm³/mol. The van der Waals surface area contributed by atoms with Gasteiger partial charge in [0.2, 0.25) is 11.8 Å². The van der Waals surface area contributed by atoms with Crippen LogP contribution in [0.15, 0.2) is 0 Å². The summed E-state index contributed by atoms with van der Waals surface area (Å²) in [5.74, 6) is 0.0335. The summed E-state index contributed by atoms with van der Waals surface area (Å²) in [6.45, 7) is 5.29. The molecule has 1 heterocycles. The third kappa shape index (κ3) is 4.80. The molecule has 0 saturated carbocycles. The highest BCUT2D eigenvalue weighted by Crippen LogP contribution is 2.11. The van der Waals surface area contributed by atoms with Gasteiger partial charge in [0.15, 0.2) is 0 Å². The van der Waals surface area contributed by atoms with Crippen molar-refractivity contribution >= 4 is 11.8 Å². The topological polar surface area (TPSA) is 84.7 Å². The number of nitrogens with two attached hydrogens (primary N) is 1. The highest BCUT2D eigenvalue weighted by atomic mass is 16.5. The van der Waals surface area contributed by atoms with Crippen LogP contribution in [-0.2, 0) is 14.3 Å². The molecule has 1 saturated heterocycles. The molecule has 1 rings (SSSR count). The molecular weight excluding hydrogens is 246 g/mol. The maximum absolute atomic E-state index is 11.8. The Kier molecular flexibility index (Phi) is 6.24. The van der Waals surface area contributed by atoms with Gasteiger partial charge in [-0.05, 0) is 18.8 Å². The minimum absolute atomic E-state index is 0.00570. The Hall–Kier alpha value is -1.14. The Morgan fingerprint density at radius 3 is 2.42 bits per heavy atom. The largest absolute Gasteiger partial charge is 0.375 e. The minimum Gasteiger partial charge on any atom is -0.375 e. The molecule has 0 aromatic rings. The Bertz CT molecular complexity index is 312. The lowest BCUT2D eigenvalue weighted by atomic mass is 10.0. The van der Waals surface area contributed by atoms with Gasteiger partial charge in [-0.15, -0.1) is 0 Å². The maximum Gasteiger partial charge on any atom is 0.248 e. The highest BCUT2D eigenvalue weighted by molar-refractivity contribution is 5.82. The van der Waals surface area contributed by atoms with E-state index in [9.17, 15) is 9.59 Å². The smallest absolute Gasteiger partial charge is 0.248 e. The van der Waals surface area contributed by atoms with E-state index in [0.29, 0.717) is 13.1 Å². The van der Waals surface area contributed by atoms with Crippen molar-refractivity contribution in [2.45, 2.75) is 38.8 Å². The number of amides is 2. The first-order valence-corrected chi connectivity index (χ1v) is 6.78. The van der Waals surface area contributed by atoms with Crippen molar-refractivity contribution in [3.05, 3.63) is 0 Å². The summed E-state index contributed by atoms with van der Waals surface area (Å²) in [5.41, 5.74) is 5.80. The minimum atomic E-state index is -0.465. The molecule has 6 heteroatoms. The van der Waals surface area contributed by atoms with Crippen LogP contribution in [0.5, 0.6) is 0 Å². The molecular formula is C13H25N3O3. The number of likely N-dealkylation sites (tertiary alicyclic amines) is 1. The SMILES string of the molecule is COCC(=O)N1CCC(NC(=O)[C@@H](N)C(C)C)CC1. The lowest BCUT2D eigenvalue weighted by molar-refractivity contribution is -0.136. The van der Waals surface area contributed by atoms with Crippen molar-refractivity contribution in [2.24, 2.45) is 11.7 Å². The number of nitrogens with one attached hydrogen (secondary N) is 1. The fourth-order valence-corrected chi connectivity index (χ4v) is 2.09. The molecule has 3 N–H and O–H groups in total. The van der Waals surface area contributed by atoms with Crippen molar-refractivity contribution in [3.63, 3.8) is 0 Å². The molecule has 6 nitrogen and oxygen atoms in total. The van der Waals surface area contributed by atoms with Crippen molar-refractivity contribution < 1.29 is 14.3 Å². The first-order chi connectivity index (χ1) is 8.95. The molecule has 110 valence electrons. The van der Waals surface area contributed by atoms with Gasteiger partial charge in [-0.1, -0.05) is 13.8 Å². The molecule has 0 spiro atoms. The fraction of sp³-hybridized carbons (Fsp3) is 0.846. The van der Waals surface area contributed by atoms with Gasteiger partial charge in [-0.2, -0.15) is 0 Å². The van der Waals surface area contributed by atoms with E-state index in [1.54, 1.807) is 4.90 Å². The molecule has 0 bridgehead atoms. The van der Waals surface area contributed by atoms with Crippen LogP contribution < -0.4 is 11.1 Å². The lowest BCUT2D eigenvalue weighted by Gasteiger charge is -2.33. The van der Waals surface area contributed by atoms with E-state index in [4.69, 9.17) is 10.5 Å². The lowest BCUT2D eigenvalue weighted by Crippen LogP contribution is -2.52. The number of nitrogens with zero attached hydrogens (tertiary/aromatic N) is 1. The number of rotatable bonds is 5. The first kappa shape index (κ1) is 15.9. The van der Waals surface area contributed by atoms with Crippen molar-refractivity contribution in [1.29, 1.82) is 0 Å². The summed E-state index contributed by atoms with van der Waals surface area (Å²) in [4.78, 5) is 25.2. The molecule has 1 atom stereocenters. The Labute approximate surface area is 114 Å². The summed E-state index contributed by atoms with van der Waals surface area (Å²) < 4.78 is 4.83. The van der Waals surface area contributed by atoms with Gasteiger partial charge in [0.05, 0.1) is 6.04 Å². The van der Waals surface area contributed by atoms with E-state index >= 15 is 0 Å². The molecule has 0 unspecified atom stereocenters. The van der Waals surface area contributed by atoms with E-state index in [1.165, 1.54) is 7.11 Å². The average Bonchev–Trinajstić information content (AvgIpc) is 2.38. The number of hydrogen-bond acceptors (Lipinski definition) is 4. The second kappa shape index (κ2) is 7.45. The van der Waals surface area contributed by atoms with Crippen LogP contribution in [0, 0.1) is 5.92 Å². The number of carbonyl (C=O) groups excluding carboxylic acids is 2. The third-order valence-corrected chi connectivity index (χ3v) is 3.48. The second-order valence-electron chi connectivity index (χ2n) is 5.37. The van der Waals surface area contributed by atoms with E-state index in [-0.39, 0.29) is 30.4 Å². The molecule has 0 aromatic carbocycles. The van der Waals surface area contributed by atoms with Gasteiger partial charge in [0.1, 0.15) is 6.61 Å². The fourth-order valence-electron chi connectivity index (χ4n) is 2.09. The zero-order chi connectivity index (χ0) is 14.4. The zero-order valence-corrected chi connectivity index (χ0v) is 12.0. The summed E-state index contributed by atoms with van der Waals surface area (Å²) >= 11 is 0. The molecule has 0 aromatic heterocycles. The molecule has 2 amide bonds. The highest BCUT2D eigenvalue weighted by Gasteiger charge is 2.25. The van der Waals surface area contributed by atoms with Crippen molar-refractivity contribution in [2.75, 3.05) is 26.8 Å². The summed E-state index contributed by atoms with van der Waals surface area (Å²) in [7, 11) is 1.51. The van der Waals surface area contributed by atoms with Gasteiger partial charge in [-0.3, -0.25) is 9.59 Å². The molecule has 1 fully saturated rings. The van der Waals surface area contributed by atoms with Gasteiger partial charge in [0.25, 0.3) is 0 Å². The maximum atomic E-state index is 11.8. The quantitative estimate of drug-likeness (QED) is 0.720. The first-order valence-electron chi connectivity index (χ1n) is 6.78. The predicted octanol–water partition coefficient (Wildman–Crippen LogP) is -0.277. The van der Waals surface area contributed by atoms with Crippen LogP contribution in [0.3, 0.4) is 0 Å². The molecule has 19 heavy (non-hydrogen) atoms.